The summed E-state index contributed by atoms with van der Waals surface area (Å²) < 4.78 is 0.818. The summed E-state index contributed by atoms with van der Waals surface area (Å²) >= 11 is 5.89. The van der Waals surface area contributed by atoms with Gasteiger partial charge in [0.1, 0.15) is 5.75 Å². The number of hydrogen-bond donors (Lipinski definition) is 3. The zero-order valence-electron chi connectivity index (χ0n) is 11.5. The average Bonchev–Trinajstić information content (AvgIpc) is 3.19. The Morgan fingerprint density at radius 3 is 3.13 bits per heavy atom. The molecule has 10 heteroatoms. The van der Waals surface area contributed by atoms with Gasteiger partial charge in [-0.25, -0.2) is 9.97 Å². The van der Waals surface area contributed by atoms with Crippen molar-refractivity contribution in [3.05, 3.63) is 34.2 Å². The fourth-order valence-electron chi connectivity index (χ4n) is 1.70. The number of hydrogen-bond acceptors (Lipinski definition) is 7. The predicted molar refractivity (Wildman–Crippen MR) is 92.7 cm³/mol. The lowest BCUT2D eigenvalue weighted by atomic mass is 10.2. The third-order valence-corrected chi connectivity index (χ3v) is 4.72. The van der Waals surface area contributed by atoms with Crippen molar-refractivity contribution in [1.29, 1.82) is 0 Å². The van der Waals surface area contributed by atoms with Crippen molar-refractivity contribution in [2.45, 2.75) is 5.16 Å². The molecule has 0 aliphatic rings. The first-order chi connectivity index (χ1) is 11.1. The minimum atomic E-state index is -0.179. The number of phenolic OH excluding ortho intramolecular Hbond substituents is 1. The van der Waals surface area contributed by atoms with E-state index in [0.717, 1.165) is 4.47 Å². The van der Waals surface area contributed by atoms with Crippen LogP contribution in [0.15, 0.2) is 39.4 Å². The lowest BCUT2D eigenvalue weighted by molar-refractivity contribution is -0.113. The molecular formula is C13H10BrN5O2S2. The molecule has 3 N–H and O–H groups in total. The Bertz CT molecular complexity index is 822. The highest BCUT2D eigenvalue weighted by atomic mass is 79.9. The highest BCUT2D eigenvalue weighted by Gasteiger charge is 2.12. The summed E-state index contributed by atoms with van der Waals surface area (Å²) in [5, 5.41) is 22.1. The van der Waals surface area contributed by atoms with Gasteiger partial charge in [-0.1, -0.05) is 27.7 Å². The van der Waals surface area contributed by atoms with Gasteiger partial charge in [0.25, 0.3) is 0 Å². The number of thiazole rings is 1. The van der Waals surface area contributed by atoms with E-state index in [-0.39, 0.29) is 17.4 Å². The van der Waals surface area contributed by atoms with Crippen LogP contribution in [0.1, 0.15) is 0 Å². The number of thioether (sulfide) groups is 1. The molecule has 0 saturated heterocycles. The zero-order valence-corrected chi connectivity index (χ0v) is 14.7. The number of amides is 1. The van der Waals surface area contributed by atoms with Crippen LogP contribution in [0.2, 0.25) is 0 Å². The van der Waals surface area contributed by atoms with Crippen LogP contribution in [0.4, 0.5) is 5.13 Å². The van der Waals surface area contributed by atoms with Crippen molar-refractivity contribution in [3.63, 3.8) is 0 Å². The van der Waals surface area contributed by atoms with Gasteiger partial charge in [-0.15, -0.1) is 16.4 Å². The SMILES string of the molecule is O=C(CSc1n[nH]c(-c2cc(Br)ccc2O)n1)Nc1nccs1. The Kier molecular flexibility index (Phi) is 4.94. The second kappa shape index (κ2) is 7.11. The number of nitrogens with one attached hydrogen (secondary N) is 2. The molecule has 0 aliphatic carbocycles. The van der Waals surface area contributed by atoms with Crippen LogP contribution in [-0.2, 0) is 4.79 Å². The molecule has 0 bridgehead atoms. The van der Waals surface area contributed by atoms with Crippen LogP contribution >= 0.6 is 39.0 Å². The molecule has 0 saturated carbocycles. The van der Waals surface area contributed by atoms with Crippen LogP contribution < -0.4 is 5.32 Å². The van der Waals surface area contributed by atoms with E-state index >= 15 is 0 Å². The maximum atomic E-state index is 11.8. The van der Waals surface area contributed by atoms with Gasteiger partial charge in [0.05, 0.1) is 11.3 Å². The standard InChI is InChI=1S/C13H10BrN5O2S2/c14-7-1-2-9(20)8(5-7)11-17-13(19-18-11)23-6-10(21)16-12-15-3-4-22-12/h1-5,20H,6H2,(H,15,16,21)(H,17,18,19). The van der Waals surface area contributed by atoms with E-state index in [2.05, 4.69) is 41.4 Å². The molecule has 2 aromatic heterocycles. The van der Waals surface area contributed by atoms with Gasteiger partial charge in [-0.05, 0) is 18.2 Å². The smallest absolute Gasteiger partial charge is 0.236 e. The molecular weight excluding hydrogens is 402 g/mol. The fraction of sp³-hybridized carbons (Fsp3) is 0.0769. The van der Waals surface area contributed by atoms with Crippen molar-refractivity contribution < 1.29 is 9.90 Å². The van der Waals surface area contributed by atoms with Crippen LogP contribution in [0.3, 0.4) is 0 Å². The fourth-order valence-corrected chi connectivity index (χ4v) is 3.20. The predicted octanol–water partition coefficient (Wildman–Crippen LogP) is 3.13. The van der Waals surface area contributed by atoms with Gasteiger partial charge >= 0.3 is 0 Å². The topological polar surface area (TPSA) is 104 Å². The zero-order chi connectivity index (χ0) is 16.2. The van der Waals surface area contributed by atoms with Crippen molar-refractivity contribution in [2.24, 2.45) is 0 Å². The van der Waals surface area contributed by atoms with E-state index < -0.39 is 0 Å². The third kappa shape index (κ3) is 4.09. The number of halogens is 1. The number of benzene rings is 1. The molecule has 7 nitrogen and oxygen atoms in total. The van der Waals surface area contributed by atoms with Crippen molar-refractivity contribution in [3.8, 4) is 17.1 Å². The maximum Gasteiger partial charge on any atom is 0.236 e. The first-order valence-corrected chi connectivity index (χ1v) is 9.01. The Morgan fingerprint density at radius 1 is 1.48 bits per heavy atom. The monoisotopic (exact) mass is 411 g/mol. The Hall–Kier alpha value is -1.91. The van der Waals surface area contributed by atoms with Crippen molar-refractivity contribution in [2.75, 3.05) is 11.1 Å². The summed E-state index contributed by atoms with van der Waals surface area (Å²) in [7, 11) is 0. The van der Waals surface area contributed by atoms with Gasteiger partial charge in [0, 0.05) is 16.0 Å². The Morgan fingerprint density at radius 2 is 2.35 bits per heavy atom. The summed E-state index contributed by atoms with van der Waals surface area (Å²) in [4.78, 5) is 20.0. The normalized spacial score (nSPS) is 10.7. The molecule has 0 unspecified atom stereocenters. The number of H-pyrrole nitrogens is 1. The van der Waals surface area contributed by atoms with E-state index in [0.29, 0.717) is 21.7 Å². The number of carbonyl (C=O) groups excluding carboxylic acids is 1. The summed E-state index contributed by atoms with van der Waals surface area (Å²) in [5.41, 5.74) is 0.533. The van der Waals surface area contributed by atoms with E-state index in [1.165, 1.54) is 23.1 Å². The maximum absolute atomic E-state index is 11.8. The van der Waals surface area contributed by atoms with E-state index in [4.69, 9.17) is 0 Å². The third-order valence-electron chi connectivity index (χ3n) is 2.69. The Labute approximate surface area is 147 Å². The van der Waals surface area contributed by atoms with Gasteiger partial charge in [-0.2, -0.15) is 0 Å². The summed E-state index contributed by atoms with van der Waals surface area (Å²) in [6.45, 7) is 0. The van der Waals surface area contributed by atoms with Crippen LogP contribution in [0.25, 0.3) is 11.4 Å². The molecule has 0 fully saturated rings. The van der Waals surface area contributed by atoms with Crippen LogP contribution in [0.5, 0.6) is 5.75 Å². The molecule has 3 aromatic rings. The number of nitrogens with zero attached hydrogens (tertiary/aromatic N) is 3. The molecule has 0 radical (unpaired) electrons. The number of aromatic amines is 1. The molecule has 0 atom stereocenters. The van der Waals surface area contributed by atoms with Gasteiger partial charge in [0.15, 0.2) is 11.0 Å². The molecule has 0 spiro atoms. The average molecular weight is 412 g/mol. The number of aromatic nitrogens is 4. The van der Waals surface area contributed by atoms with Crippen LogP contribution in [0, 0.1) is 0 Å². The quantitative estimate of drug-likeness (QED) is 0.557. The molecule has 3 rings (SSSR count). The van der Waals surface area contributed by atoms with Gasteiger partial charge < -0.3 is 10.4 Å². The van der Waals surface area contributed by atoms with Crippen molar-refractivity contribution >= 4 is 50.1 Å². The van der Waals surface area contributed by atoms with E-state index in [9.17, 15) is 9.90 Å². The minimum Gasteiger partial charge on any atom is -0.507 e. The largest absolute Gasteiger partial charge is 0.507 e. The summed E-state index contributed by atoms with van der Waals surface area (Å²) in [6, 6.07) is 5.03. The van der Waals surface area contributed by atoms with Gasteiger partial charge in [-0.3, -0.25) is 9.89 Å². The summed E-state index contributed by atoms with van der Waals surface area (Å²) in [5.74, 6) is 0.525. The first-order valence-electron chi connectivity index (χ1n) is 6.35. The molecule has 1 aromatic carbocycles. The van der Waals surface area contributed by atoms with E-state index in [1.807, 2.05) is 0 Å². The molecule has 23 heavy (non-hydrogen) atoms. The van der Waals surface area contributed by atoms with Gasteiger partial charge in [0.2, 0.25) is 11.1 Å². The molecule has 0 aliphatic heterocycles. The lowest BCUT2D eigenvalue weighted by Crippen LogP contribution is -2.13. The highest BCUT2D eigenvalue weighted by molar-refractivity contribution is 9.10. The van der Waals surface area contributed by atoms with Crippen LogP contribution in [-0.4, -0.2) is 36.9 Å². The Balaban J connectivity index is 1.63. The van der Waals surface area contributed by atoms with E-state index in [1.54, 1.807) is 29.8 Å². The number of carbonyl (C=O) groups is 1. The number of phenols is 1. The number of aromatic hydroxyl groups is 1. The highest BCUT2D eigenvalue weighted by Crippen LogP contribution is 2.30. The van der Waals surface area contributed by atoms with Crippen molar-refractivity contribution in [1.82, 2.24) is 20.2 Å². The number of rotatable bonds is 5. The summed E-state index contributed by atoms with van der Waals surface area (Å²) in [6.07, 6.45) is 1.62. The minimum absolute atomic E-state index is 0.0995. The molecule has 1 amide bonds. The number of anilines is 1. The lowest BCUT2D eigenvalue weighted by Gasteiger charge is -2.01. The second-order valence-electron chi connectivity index (χ2n) is 4.30. The molecule has 2 heterocycles. The molecule has 118 valence electrons. The second-order valence-corrected chi connectivity index (χ2v) is 7.05. The first kappa shape index (κ1) is 16.0.